The van der Waals surface area contributed by atoms with E-state index in [4.69, 9.17) is 21.4 Å². The van der Waals surface area contributed by atoms with Crippen LogP contribution in [0.15, 0.2) is 57.7 Å². The van der Waals surface area contributed by atoms with E-state index in [0.717, 1.165) is 5.39 Å². The third-order valence-corrected chi connectivity index (χ3v) is 4.51. The van der Waals surface area contributed by atoms with Gasteiger partial charge in [0.25, 0.3) is 0 Å². The third kappa shape index (κ3) is 4.63. The van der Waals surface area contributed by atoms with Gasteiger partial charge in [-0.2, -0.15) is 0 Å². The van der Waals surface area contributed by atoms with Gasteiger partial charge in [0, 0.05) is 10.8 Å². The minimum atomic E-state index is -0.582. The van der Waals surface area contributed by atoms with Crippen molar-refractivity contribution in [2.24, 2.45) is 5.41 Å². The largest absolute Gasteiger partial charge is 0.495 e. The molecule has 0 bridgehead atoms. The highest BCUT2D eigenvalue weighted by Gasteiger charge is 2.22. The second kappa shape index (κ2) is 8.05. The van der Waals surface area contributed by atoms with E-state index in [-0.39, 0.29) is 11.0 Å². The molecule has 0 unspecified atom stereocenters. The molecule has 0 aliphatic heterocycles. The molecule has 2 aromatic carbocycles. The molecule has 1 heterocycles. The number of thiocarbonyl (C=S) groups is 1. The van der Waals surface area contributed by atoms with E-state index in [2.05, 4.69) is 10.6 Å². The van der Waals surface area contributed by atoms with Crippen LogP contribution < -0.4 is 21.0 Å². The number of benzene rings is 2. The van der Waals surface area contributed by atoms with E-state index < -0.39 is 11.0 Å². The second-order valence-electron chi connectivity index (χ2n) is 7.56. The fourth-order valence-electron chi connectivity index (χ4n) is 2.68. The lowest BCUT2D eigenvalue weighted by Gasteiger charge is -2.19. The Hall–Kier alpha value is -3.19. The summed E-state index contributed by atoms with van der Waals surface area (Å²) < 4.78 is 10.8. The van der Waals surface area contributed by atoms with Crippen LogP contribution in [0.25, 0.3) is 22.1 Å². The van der Waals surface area contributed by atoms with Gasteiger partial charge in [0.15, 0.2) is 5.11 Å². The highest BCUT2D eigenvalue weighted by atomic mass is 32.1. The predicted molar refractivity (Wildman–Crippen MR) is 118 cm³/mol. The molecule has 1 aromatic heterocycles. The van der Waals surface area contributed by atoms with Gasteiger partial charge >= 0.3 is 5.63 Å². The van der Waals surface area contributed by atoms with Gasteiger partial charge in [-0.3, -0.25) is 4.79 Å². The minimum absolute atomic E-state index is 0.144. The summed E-state index contributed by atoms with van der Waals surface area (Å²) in [6.07, 6.45) is 0. The van der Waals surface area contributed by atoms with Crippen molar-refractivity contribution in [3.8, 4) is 16.9 Å². The summed E-state index contributed by atoms with van der Waals surface area (Å²) in [5, 5.41) is 6.60. The van der Waals surface area contributed by atoms with Gasteiger partial charge in [0.2, 0.25) is 5.91 Å². The fraction of sp³-hybridized carbons (Fsp3) is 0.227. The molecule has 0 aliphatic rings. The number of rotatable bonds is 3. The van der Waals surface area contributed by atoms with Crippen LogP contribution in [0.3, 0.4) is 0 Å². The van der Waals surface area contributed by atoms with Crippen molar-refractivity contribution < 1.29 is 13.9 Å². The molecule has 2 N–H and O–H groups in total. The Morgan fingerprint density at radius 1 is 1.10 bits per heavy atom. The van der Waals surface area contributed by atoms with Gasteiger partial charge in [-0.25, -0.2) is 4.79 Å². The zero-order chi connectivity index (χ0) is 21.2. The van der Waals surface area contributed by atoms with Crippen LogP contribution in [0, 0.1) is 5.41 Å². The molecule has 3 aromatic rings. The summed E-state index contributed by atoms with van der Waals surface area (Å²) in [5.41, 5.74) is 1.08. The lowest BCUT2D eigenvalue weighted by molar-refractivity contribution is -0.126. The summed E-state index contributed by atoms with van der Waals surface area (Å²) in [6.45, 7) is 5.39. The van der Waals surface area contributed by atoms with E-state index in [1.807, 2.05) is 18.2 Å². The number of hydrogen-bond acceptors (Lipinski definition) is 5. The highest BCUT2D eigenvalue weighted by molar-refractivity contribution is 7.80. The average Bonchev–Trinajstić information content (AvgIpc) is 2.66. The van der Waals surface area contributed by atoms with E-state index in [1.165, 1.54) is 7.11 Å². The third-order valence-electron chi connectivity index (χ3n) is 4.31. The minimum Gasteiger partial charge on any atom is -0.495 e. The molecule has 0 radical (unpaired) electrons. The molecule has 150 valence electrons. The first kappa shape index (κ1) is 20.5. The first-order chi connectivity index (χ1) is 13.7. The number of carbonyl (C=O) groups is 1. The van der Waals surface area contributed by atoms with E-state index >= 15 is 0 Å². The van der Waals surface area contributed by atoms with Crippen molar-refractivity contribution in [3.63, 3.8) is 0 Å². The number of methoxy groups -OCH3 is 1. The molecule has 6 nitrogen and oxygen atoms in total. The maximum atomic E-state index is 12.5. The van der Waals surface area contributed by atoms with E-state index in [9.17, 15) is 9.59 Å². The van der Waals surface area contributed by atoms with Gasteiger partial charge in [0.1, 0.15) is 11.3 Å². The molecule has 7 heteroatoms. The quantitative estimate of drug-likeness (QED) is 0.494. The summed E-state index contributed by atoms with van der Waals surface area (Å²) in [5.74, 6) is 0.312. The number of fused-ring (bicyclic) bond motifs is 1. The van der Waals surface area contributed by atoms with Crippen LogP contribution in [0.2, 0.25) is 0 Å². The molecule has 0 spiro atoms. The number of carbonyl (C=O) groups excluding carboxylic acids is 1. The zero-order valence-corrected chi connectivity index (χ0v) is 17.5. The van der Waals surface area contributed by atoms with Crippen LogP contribution >= 0.6 is 12.2 Å². The SMILES string of the molecule is COc1ccc(-c2cc3ccccc3oc2=O)cc1NC(=S)NC(=O)C(C)(C)C. The molecule has 0 aliphatic carbocycles. The number of ether oxygens (including phenoxy) is 1. The first-order valence-corrected chi connectivity index (χ1v) is 9.43. The Labute approximate surface area is 173 Å². The monoisotopic (exact) mass is 410 g/mol. The molecule has 0 atom stereocenters. The van der Waals surface area contributed by atoms with Crippen molar-refractivity contribution in [1.82, 2.24) is 5.32 Å². The van der Waals surface area contributed by atoms with Crippen molar-refractivity contribution in [1.29, 1.82) is 0 Å². The van der Waals surface area contributed by atoms with Crippen molar-refractivity contribution in [2.45, 2.75) is 20.8 Å². The molecule has 3 rings (SSSR count). The topological polar surface area (TPSA) is 80.6 Å². The van der Waals surface area contributed by atoms with Crippen LogP contribution in [-0.4, -0.2) is 18.1 Å². The Balaban J connectivity index is 1.95. The van der Waals surface area contributed by atoms with Gasteiger partial charge in [-0.1, -0.05) is 45.0 Å². The number of anilines is 1. The Kier molecular flexibility index (Phi) is 5.70. The Morgan fingerprint density at radius 2 is 1.83 bits per heavy atom. The van der Waals surface area contributed by atoms with Gasteiger partial charge in [-0.15, -0.1) is 0 Å². The predicted octanol–water partition coefficient (Wildman–Crippen LogP) is 4.33. The number of amides is 1. The smallest absolute Gasteiger partial charge is 0.344 e. The molecule has 29 heavy (non-hydrogen) atoms. The number of para-hydroxylation sites is 1. The van der Waals surface area contributed by atoms with Crippen LogP contribution in [0.1, 0.15) is 20.8 Å². The normalized spacial score (nSPS) is 11.2. The van der Waals surface area contributed by atoms with Crippen LogP contribution in [-0.2, 0) is 4.79 Å². The lowest BCUT2D eigenvalue weighted by Crippen LogP contribution is -2.41. The van der Waals surface area contributed by atoms with Crippen LogP contribution in [0.4, 0.5) is 5.69 Å². The van der Waals surface area contributed by atoms with Crippen molar-refractivity contribution in [2.75, 3.05) is 12.4 Å². The van der Waals surface area contributed by atoms with E-state index in [1.54, 1.807) is 51.1 Å². The Bertz CT molecular complexity index is 1150. The molecule has 1 amide bonds. The maximum Gasteiger partial charge on any atom is 0.344 e. The maximum absolute atomic E-state index is 12.5. The number of nitrogens with one attached hydrogen (secondary N) is 2. The van der Waals surface area contributed by atoms with Gasteiger partial charge in [-0.05, 0) is 42.0 Å². The van der Waals surface area contributed by atoms with Crippen LogP contribution in [0.5, 0.6) is 5.75 Å². The highest BCUT2D eigenvalue weighted by Crippen LogP contribution is 2.30. The Morgan fingerprint density at radius 3 is 2.52 bits per heavy atom. The lowest BCUT2D eigenvalue weighted by atomic mass is 9.96. The zero-order valence-electron chi connectivity index (χ0n) is 16.7. The molecule has 0 saturated carbocycles. The van der Waals surface area contributed by atoms with Gasteiger partial charge in [0.05, 0.1) is 18.4 Å². The first-order valence-electron chi connectivity index (χ1n) is 9.03. The molecular formula is C22H22N2O4S. The average molecular weight is 410 g/mol. The summed E-state index contributed by atoms with van der Waals surface area (Å²) in [6, 6.07) is 14.3. The molecule has 0 saturated heterocycles. The van der Waals surface area contributed by atoms with Gasteiger partial charge < -0.3 is 19.8 Å². The fourth-order valence-corrected chi connectivity index (χ4v) is 2.88. The second-order valence-corrected chi connectivity index (χ2v) is 7.97. The summed E-state index contributed by atoms with van der Waals surface area (Å²) in [7, 11) is 1.53. The van der Waals surface area contributed by atoms with E-state index in [0.29, 0.717) is 28.1 Å². The number of hydrogen-bond donors (Lipinski definition) is 2. The van der Waals surface area contributed by atoms with Crippen molar-refractivity contribution >= 4 is 39.9 Å². The molecular weight excluding hydrogens is 388 g/mol. The summed E-state index contributed by atoms with van der Waals surface area (Å²) in [4.78, 5) is 24.6. The van der Waals surface area contributed by atoms with Crippen molar-refractivity contribution in [3.05, 3.63) is 59.0 Å². The standard InChI is InChI=1S/C22H22N2O4S/c1-22(2,3)20(26)24-21(29)23-16-12-13(9-10-18(16)27-4)15-11-14-7-5-6-8-17(14)28-19(15)25/h5-12H,1-4H3,(H2,23,24,26,29). The molecule has 0 fully saturated rings. The summed E-state index contributed by atoms with van der Waals surface area (Å²) >= 11 is 5.26.